The molecule has 134 valence electrons. The van der Waals surface area contributed by atoms with Gasteiger partial charge in [-0.3, -0.25) is 9.59 Å². The molecule has 0 N–H and O–H groups in total. The first-order valence-electron chi connectivity index (χ1n) is 7.14. The summed E-state index contributed by atoms with van der Waals surface area (Å²) in [6, 6.07) is 0. The largest absolute Gasteiger partial charge is 0.420 e. The Kier molecular flexibility index (Phi) is 8.96. The third-order valence-electron chi connectivity index (χ3n) is 2.86. The number of carbonyl (C=O) groups excluding carboxylic acids is 2. The van der Waals surface area contributed by atoms with Crippen molar-refractivity contribution in [1.82, 2.24) is 0 Å². The minimum atomic E-state index is -1.46. The number of ether oxygens (including phenoxy) is 2. The average Bonchev–Trinajstić information content (AvgIpc) is 2.51. The predicted molar refractivity (Wildman–Crippen MR) is 96.2 cm³/mol. The SMILES string of the molecule is CCCC(=O)OC(OC(=O)CCC)c1c(Cl)c(Cl)c(Cl)c(Cl)c1Cl. The van der Waals surface area contributed by atoms with Crippen molar-refractivity contribution in [3.63, 3.8) is 0 Å². The Hall–Kier alpha value is -0.390. The summed E-state index contributed by atoms with van der Waals surface area (Å²) >= 11 is 30.2. The maximum Gasteiger partial charge on any atom is 0.309 e. The van der Waals surface area contributed by atoms with Gasteiger partial charge < -0.3 is 9.47 Å². The van der Waals surface area contributed by atoms with E-state index in [0.717, 1.165) is 0 Å². The van der Waals surface area contributed by atoms with Gasteiger partial charge in [-0.2, -0.15) is 0 Å². The highest BCUT2D eigenvalue weighted by molar-refractivity contribution is 6.55. The van der Waals surface area contributed by atoms with Crippen LogP contribution in [0.4, 0.5) is 0 Å². The smallest absolute Gasteiger partial charge is 0.309 e. The van der Waals surface area contributed by atoms with E-state index in [9.17, 15) is 9.59 Å². The van der Waals surface area contributed by atoms with Gasteiger partial charge in [-0.15, -0.1) is 0 Å². The van der Waals surface area contributed by atoms with Crippen LogP contribution in [0.25, 0.3) is 0 Å². The average molecular weight is 437 g/mol. The fraction of sp³-hybridized carbons (Fsp3) is 0.467. The van der Waals surface area contributed by atoms with Crippen molar-refractivity contribution in [3.8, 4) is 0 Å². The first-order chi connectivity index (χ1) is 11.2. The van der Waals surface area contributed by atoms with Crippen LogP contribution in [0.2, 0.25) is 25.1 Å². The predicted octanol–water partition coefficient (Wildman–Crippen LogP) is 6.64. The van der Waals surface area contributed by atoms with Crippen LogP contribution in [0.15, 0.2) is 0 Å². The third-order valence-corrected chi connectivity index (χ3v) is 5.17. The van der Waals surface area contributed by atoms with Gasteiger partial charge in [0, 0.05) is 12.8 Å². The lowest BCUT2D eigenvalue weighted by atomic mass is 10.2. The molecule has 0 aliphatic heterocycles. The summed E-state index contributed by atoms with van der Waals surface area (Å²) in [6.45, 7) is 3.60. The molecule has 0 radical (unpaired) electrons. The van der Waals surface area contributed by atoms with Crippen molar-refractivity contribution in [2.45, 2.75) is 45.8 Å². The van der Waals surface area contributed by atoms with Crippen LogP contribution in [0.1, 0.15) is 51.4 Å². The van der Waals surface area contributed by atoms with Crippen LogP contribution >= 0.6 is 58.0 Å². The lowest BCUT2D eigenvalue weighted by molar-refractivity contribution is -0.189. The van der Waals surface area contributed by atoms with Crippen LogP contribution in [-0.2, 0) is 19.1 Å². The lowest BCUT2D eigenvalue weighted by Gasteiger charge is -2.22. The second kappa shape index (κ2) is 9.93. The number of carbonyl (C=O) groups is 2. The molecule has 4 nitrogen and oxygen atoms in total. The fourth-order valence-corrected chi connectivity index (χ4v) is 3.07. The van der Waals surface area contributed by atoms with Gasteiger partial charge in [0.2, 0.25) is 0 Å². The molecule has 0 aromatic heterocycles. The molecule has 0 heterocycles. The van der Waals surface area contributed by atoms with E-state index in [1.54, 1.807) is 13.8 Å². The van der Waals surface area contributed by atoms with E-state index < -0.39 is 18.2 Å². The van der Waals surface area contributed by atoms with Gasteiger partial charge in [-0.1, -0.05) is 71.9 Å². The molecule has 0 fully saturated rings. The molecular formula is C15H15Cl5O4. The first kappa shape index (κ1) is 21.7. The second-order valence-corrected chi connectivity index (χ2v) is 6.69. The Morgan fingerprint density at radius 2 is 1.08 bits per heavy atom. The van der Waals surface area contributed by atoms with Crippen LogP contribution in [0, 0.1) is 0 Å². The lowest BCUT2D eigenvalue weighted by Crippen LogP contribution is -2.19. The highest BCUT2D eigenvalue weighted by atomic mass is 35.5. The van der Waals surface area contributed by atoms with Gasteiger partial charge >= 0.3 is 11.9 Å². The maximum atomic E-state index is 11.8. The number of halogens is 5. The Bertz CT molecular complexity index is 584. The van der Waals surface area contributed by atoms with Crippen LogP contribution in [0.3, 0.4) is 0 Å². The Morgan fingerprint density at radius 3 is 1.42 bits per heavy atom. The molecule has 1 aromatic carbocycles. The Balaban J connectivity index is 3.33. The van der Waals surface area contributed by atoms with Gasteiger partial charge in [-0.05, 0) is 12.8 Å². The normalized spacial score (nSPS) is 10.8. The molecular weight excluding hydrogens is 421 g/mol. The zero-order chi connectivity index (χ0) is 18.4. The van der Waals surface area contributed by atoms with Crippen molar-refractivity contribution in [1.29, 1.82) is 0 Å². The van der Waals surface area contributed by atoms with Crippen molar-refractivity contribution >= 4 is 69.9 Å². The molecule has 0 amide bonds. The van der Waals surface area contributed by atoms with Crippen LogP contribution in [0.5, 0.6) is 0 Å². The second-order valence-electron chi connectivity index (χ2n) is 4.80. The summed E-state index contributed by atoms with van der Waals surface area (Å²) in [7, 11) is 0. The minimum Gasteiger partial charge on any atom is -0.420 e. The van der Waals surface area contributed by atoms with E-state index in [1.165, 1.54) is 0 Å². The molecule has 0 spiro atoms. The molecule has 0 atom stereocenters. The zero-order valence-electron chi connectivity index (χ0n) is 12.9. The number of esters is 2. The summed E-state index contributed by atoms with van der Waals surface area (Å²) in [6.07, 6.45) is -0.0932. The van der Waals surface area contributed by atoms with Crippen molar-refractivity contribution in [2.75, 3.05) is 0 Å². The molecule has 0 aliphatic rings. The minimum absolute atomic E-state index is 0.0216. The number of hydrogen-bond donors (Lipinski definition) is 0. The van der Waals surface area contributed by atoms with Gasteiger partial charge in [0.25, 0.3) is 6.29 Å². The molecule has 0 aliphatic carbocycles. The molecule has 24 heavy (non-hydrogen) atoms. The summed E-state index contributed by atoms with van der Waals surface area (Å²) in [4.78, 5) is 23.7. The highest BCUT2D eigenvalue weighted by Crippen LogP contribution is 2.47. The maximum absolute atomic E-state index is 11.8. The van der Waals surface area contributed by atoms with Crippen molar-refractivity contribution in [2.24, 2.45) is 0 Å². The summed E-state index contributed by atoms with van der Waals surface area (Å²) in [5.74, 6) is -1.16. The van der Waals surface area contributed by atoms with Gasteiger partial charge in [0.15, 0.2) is 0 Å². The molecule has 1 aromatic rings. The topological polar surface area (TPSA) is 52.6 Å². The Labute approximate surface area is 165 Å². The monoisotopic (exact) mass is 434 g/mol. The molecule has 0 saturated heterocycles. The van der Waals surface area contributed by atoms with E-state index in [-0.39, 0.29) is 43.5 Å². The van der Waals surface area contributed by atoms with E-state index in [4.69, 9.17) is 67.5 Å². The van der Waals surface area contributed by atoms with Crippen LogP contribution in [-0.4, -0.2) is 11.9 Å². The summed E-state index contributed by atoms with van der Waals surface area (Å²) < 4.78 is 10.4. The van der Waals surface area contributed by atoms with E-state index in [2.05, 4.69) is 0 Å². The van der Waals surface area contributed by atoms with Gasteiger partial charge in [0.1, 0.15) is 0 Å². The molecule has 1 rings (SSSR count). The number of hydrogen-bond acceptors (Lipinski definition) is 4. The quantitative estimate of drug-likeness (QED) is 0.208. The van der Waals surface area contributed by atoms with Crippen LogP contribution < -0.4 is 0 Å². The van der Waals surface area contributed by atoms with Crippen molar-refractivity contribution in [3.05, 3.63) is 30.7 Å². The molecule has 9 heteroatoms. The molecule has 0 saturated carbocycles. The number of benzene rings is 1. The standard InChI is InChI=1S/C15H15Cl5O4/c1-3-5-7(21)23-15(24-8(22)6-4-2)9-10(16)12(18)14(20)13(19)11(9)17/h15H,3-6H2,1-2H3. The summed E-state index contributed by atoms with van der Waals surface area (Å²) in [5.41, 5.74) is -0.0216. The van der Waals surface area contributed by atoms with E-state index in [1.807, 2.05) is 0 Å². The highest BCUT2D eigenvalue weighted by Gasteiger charge is 2.30. The van der Waals surface area contributed by atoms with E-state index in [0.29, 0.717) is 12.8 Å². The fourth-order valence-electron chi connectivity index (χ4n) is 1.74. The number of rotatable bonds is 7. The van der Waals surface area contributed by atoms with E-state index >= 15 is 0 Å². The zero-order valence-corrected chi connectivity index (χ0v) is 16.7. The first-order valence-corrected chi connectivity index (χ1v) is 9.03. The van der Waals surface area contributed by atoms with Gasteiger partial charge in [0.05, 0.1) is 30.7 Å². The third kappa shape index (κ3) is 5.30. The van der Waals surface area contributed by atoms with Crippen molar-refractivity contribution < 1.29 is 19.1 Å². The summed E-state index contributed by atoms with van der Waals surface area (Å²) in [5, 5.41) is -0.406. The Morgan fingerprint density at radius 1 is 0.750 bits per heavy atom. The molecule has 0 bridgehead atoms. The van der Waals surface area contributed by atoms with Gasteiger partial charge in [-0.25, -0.2) is 0 Å². The molecule has 0 unspecified atom stereocenters.